The summed E-state index contributed by atoms with van der Waals surface area (Å²) in [7, 11) is 0. The van der Waals surface area contributed by atoms with Crippen molar-refractivity contribution in [3.05, 3.63) is 16.1 Å². The third-order valence-electron chi connectivity index (χ3n) is 3.56. The Kier molecular flexibility index (Phi) is 3.15. The van der Waals surface area contributed by atoms with Gasteiger partial charge in [-0.25, -0.2) is 4.98 Å². The molecule has 0 aromatic carbocycles. The lowest BCUT2D eigenvalue weighted by Gasteiger charge is -2.21. The molecule has 1 aromatic heterocycles. The molecule has 0 spiro atoms. The number of rotatable bonds is 1. The molecule has 2 rings (SSSR count). The maximum absolute atomic E-state index is 4.64. The van der Waals surface area contributed by atoms with E-state index < -0.39 is 0 Å². The second-order valence-electron chi connectivity index (χ2n) is 5.62. The zero-order valence-electron chi connectivity index (χ0n) is 10.0. The van der Waals surface area contributed by atoms with E-state index in [1.807, 2.05) is 11.3 Å². The lowest BCUT2D eigenvalue weighted by atomic mass is 9.85. The summed E-state index contributed by atoms with van der Waals surface area (Å²) in [6, 6.07) is 0. The first-order valence-electron chi connectivity index (χ1n) is 5.99. The van der Waals surface area contributed by atoms with Crippen LogP contribution in [-0.4, -0.2) is 4.98 Å². The Morgan fingerprint density at radius 3 is 2.80 bits per heavy atom. The molecular weight excluding hydrogens is 202 g/mol. The van der Waals surface area contributed by atoms with Crippen molar-refractivity contribution in [1.29, 1.82) is 0 Å². The van der Waals surface area contributed by atoms with Crippen molar-refractivity contribution in [3.8, 4) is 0 Å². The van der Waals surface area contributed by atoms with Gasteiger partial charge < -0.3 is 0 Å². The molecule has 2 heteroatoms. The van der Waals surface area contributed by atoms with Gasteiger partial charge in [0.15, 0.2) is 0 Å². The van der Waals surface area contributed by atoms with Crippen LogP contribution in [0, 0.1) is 12.3 Å². The molecule has 15 heavy (non-hydrogen) atoms. The van der Waals surface area contributed by atoms with Gasteiger partial charge in [0.05, 0.1) is 5.01 Å². The molecule has 0 N–H and O–H groups in total. The van der Waals surface area contributed by atoms with Crippen LogP contribution in [-0.2, 0) is 0 Å². The first kappa shape index (κ1) is 11.1. The van der Waals surface area contributed by atoms with Crippen LogP contribution in [0.3, 0.4) is 0 Å². The molecule has 1 heterocycles. The minimum absolute atomic E-state index is 0.557. The summed E-state index contributed by atoms with van der Waals surface area (Å²) >= 11 is 1.85. The van der Waals surface area contributed by atoms with Crippen molar-refractivity contribution in [2.24, 2.45) is 5.41 Å². The molecule has 0 saturated heterocycles. The Hall–Kier alpha value is -0.370. The van der Waals surface area contributed by atoms with E-state index in [0.29, 0.717) is 5.41 Å². The highest BCUT2D eigenvalue weighted by atomic mass is 32.1. The average Bonchev–Trinajstić information content (AvgIpc) is 2.49. The van der Waals surface area contributed by atoms with E-state index in [1.54, 1.807) is 0 Å². The molecule has 0 radical (unpaired) electrons. The topological polar surface area (TPSA) is 12.9 Å². The predicted molar refractivity (Wildman–Crippen MR) is 66.5 cm³/mol. The van der Waals surface area contributed by atoms with Crippen molar-refractivity contribution in [3.63, 3.8) is 0 Å². The normalized spacial score (nSPS) is 26.2. The molecule has 0 aliphatic heterocycles. The molecule has 0 amide bonds. The lowest BCUT2D eigenvalue weighted by Crippen LogP contribution is -2.08. The lowest BCUT2D eigenvalue weighted by molar-refractivity contribution is 0.313. The first-order chi connectivity index (χ1) is 7.07. The Bertz CT molecular complexity index is 327. The summed E-state index contributed by atoms with van der Waals surface area (Å²) in [5.74, 6) is 0.741. The maximum atomic E-state index is 4.64. The SMILES string of the molecule is Cc1csc(C2CCCC(C)(C)CC2)n1. The fourth-order valence-corrected chi connectivity index (χ4v) is 3.44. The Morgan fingerprint density at radius 2 is 2.13 bits per heavy atom. The van der Waals surface area contributed by atoms with Crippen LogP contribution in [0.1, 0.15) is 62.6 Å². The third-order valence-corrected chi connectivity index (χ3v) is 4.69. The highest BCUT2D eigenvalue weighted by Gasteiger charge is 2.26. The highest BCUT2D eigenvalue weighted by molar-refractivity contribution is 7.09. The van der Waals surface area contributed by atoms with Gasteiger partial charge >= 0.3 is 0 Å². The van der Waals surface area contributed by atoms with Gasteiger partial charge in [0.2, 0.25) is 0 Å². The zero-order chi connectivity index (χ0) is 10.9. The molecule has 1 aliphatic carbocycles. The van der Waals surface area contributed by atoms with Gasteiger partial charge in [0, 0.05) is 17.0 Å². The van der Waals surface area contributed by atoms with Crippen molar-refractivity contribution < 1.29 is 0 Å². The van der Waals surface area contributed by atoms with Crippen LogP contribution in [0.15, 0.2) is 5.38 Å². The van der Waals surface area contributed by atoms with Crippen LogP contribution in [0.25, 0.3) is 0 Å². The standard InChI is InChI=1S/C13H21NS/c1-10-9-15-12(14-10)11-5-4-7-13(2,3)8-6-11/h9,11H,4-8H2,1-3H3. The van der Waals surface area contributed by atoms with Gasteiger partial charge in [-0.2, -0.15) is 0 Å². The minimum Gasteiger partial charge on any atom is -0.246 e. The fourth-order valence-electron chi connectivity index (χ4n) is 2.47. The van der Waals surface area contributed by atoms with Gasteiger partial charge in [-0.15, -0.1) is 11.3 Å². The Labute approximate surface area is 96.9 Å². The number of nitrogens with zero attached hydrogens (tertiary/aromatic N) is 1. The van der Waals surface area contributed by atoms with Crippen LogP contribution < -0.4 is 0 Å². The van der Waals surface area contributed by atoms with E-state index in [2.05, 4.69) is 31.1 Å². The summed E-state index contributed by atoms with van der Waals surface area (Å²) in [6.45, 7) is 6.91. The van der Waals surface area contributed by atoms with Gasteiger partial charge in [-0.05, 0) is 38.0 Å². The van der Waals surface area contributed by atoms with Crippen LogP contribution >= 0.6 is 11.3 Å². The van der Waals surface area contributed by atoms with E-state index in [1.165, 1.54) is 42.8 Å². The van der Waals surface area contributed by atoms with Gasteiger partial charge in [-0.3, -0.25) is 0 Å². The summed E-state index contributed by atoms with van der Waals surface area (Å²) in [5, 5.41) is 3.57. The molecule has 1 atom stereocenters. The average molecular weight is 223 g/mol. The largest absolute Gasteiger partial charge is 0.246 e. The number of hydrogen-bond acceptors (Lipinski definition) is 2. The molecule has 84 valence electrons. The van der Waals surface area contributed by atoms with Crippen LogP contribution in [0.2, 0.25) is 0 Å². The van der Waals surface area contributed by atoms with Gasteiger partial charge in [-0.1, -0.05) is 20.3 Å². The second-order valence-corrected chi connectivity index (χ2v) is 6.51. The molecular formula is C13H21NS. The number of hydrogen-bond donors (Lipinski definition) is 0. The number of thiazole rings is 1. The van der Waals surface area contributed by atoms with Gasteiger partial charge in [0.25, 0.3) is 0 Å². The molecule has 1 fully saturated rings. The van der Waals surface area contributed by atoms with E-state index in [9.17, 15) is 0 Å². The van der Waals surface area contributed by atoms with Crippen LogP contribution in [0.5, 0.6) is 0 Å². The Balaban J connectivity index is 2.05. The monoisotopic (exact) mass is 223 g/mol. The summed E-state index contributed by atoms with van der Waals surface area (Å²) in [5.41, 5.74) is 1.75. The third kappa shape index (κ3) is 2.81. The predicted octanol–water partition coefficient (Wildman–Crippen LogP) is 4.53. The number of aryl methyl sites for hydroxylation is 1. The zero-order valence-corrected chi connectivity index (χ0v) is 10.9. The van der Waals surface area contributed by atoms with E-state index in [0.717, 1.165) is 5.92 Å². The Morgan fingerprint density at radius 1 is 1.33 bits per heavy atom. The van der Waals surface area contributed by atoms with E-state index >= 15 is 0 Å². The van der Waals surface area contributed by atoms with E-state index in [-0.39, 0.29) is 0 Å². The quantitative estimate of drug-likeness (QED) is 0.638. The van der Waals surface area contributed by atoms with Crippen molar-refractivity contribution >= 4 is 11.3 Å². The van der Waals surface area contributed by atoms with E-state index in [4.69, 9.17) is 0 Å². The maximum Gasteiger partial charge on any atom is 0.0959 e. The van der Waals surface area contributed by atoms with Crippen LogP contribution in [0.4, 0.5) is 0 Å². The summed E-state index contributed by atoms with van der Waals surface area (Å²) < 4.78 is 0. The first-order valence-corrected chi connectivity index (χ1v) is 6.87. The van der Waals surface area contributed by atoms with Crippen molar-refractivity contribution in [2.75, 3.05) is 0 Å². The van der Waals surface area contributed by atoms with Crippen molar-refractivity contribution in [1.82, 2.24) is 4.98 Å². The number of aromatic nitrogens is 1. The minimum atomic E-state index is 0.557. The summed E-state index contributed by atoms with van der Waals surface area (Å²) in [6.07, 6.45) is 6.79. The second kappa shape index (κ2) is 4.25. The smallest absolute Gasteiger partial charge is 0.0959 e. The molecule has 1 aliphatic rings. The molecule has 1 aromatic rings. The molecule has 1 saturated carbocycles. The van der Waals surface area contributed by atoms with Gasteiger partial charge in [0.1, 0.15) is 0 Å². The summed E-state index contributed by atoms with van der Waals surface area (Å²) in [4.78, 5) is 4.64. The highest BCUT2D eigenvalue weighted by Crippen LogP contribution is 2.40. The molecule has 0 bridgehead atoms. The van der Waals surface area contributed by atoms with Crippen molar-refractivity contribution in [2.45, 2.75) is 58.8 Å². The molecule has 1 unspecified atom stereocenters. The molecule has 1 nitrogen and oxygen atoms in total. The fraction of sp³-hybridized carbons (Fsp3) is 0.769.